The van der Waals surface area contributed by atoms with E-state index in [9.17, 15) is 9.59 Å². The van der Waals surface area contributed by atoms with Gasteiger partial charge in [-0.1, -0.05) is 56.4 Å². The predicted molar refractivity (Wildman–Crippen MR) is 120 cm³/mol. The van der Waals surface area contributed by atoms with Gasteiger partial charge in [0.15, 0.2) is 6.61 Å². The summed E-state index contributed by atoms with van der Waals surface area (Å²) in [4.78, 5) is 29.6. The van der Waals surface area contributed by atoms with Gasteiger partial charge in [0.1, 0.15) is 5.41 Å². The Labute approximate surface area is 181 Å². The Balaban J connectivity index is 2.72. The topological polar surface area (TPSA) is 77.0 Å². The van der Waals surface area contributed by atoms with Gasteiger partial charge in [0, 0.05) is 14.5 Å². The van der Waals surface area contributed by atoms with Gasteiger partial charge in [-0.3, -0.25) is 9.59 Å². The number of halogens is 2. The maximum absolute atomic E-state index is 12.3. The van der Waals surface area contributed by atoms with E-state index in [1.807, 2.05) is 32.0 Å². The average Bonchev–Trinajstić information content (AvgIpc) is 2.55. The fourth-order valence-corrected chi connectivity index (χ4v) is 5.57. The number of carbonyl (C=O) groups excluding carboxylic acids is 2. The Morgan fingerprint density at radius 3 is 2.23 bits per heavy atom. The summed E-state index contributed by atoms with van der Waals surface area (Å²) in [5, 5.41) is 6.78. The number of benzene rings is 1. The van der Waals surface area contributed by atoms with Gasteiger partial charge >= 0.3 is 5.97 Å². The van der Waals surface area contributed by atoms with Crippen LogP contribution in [0.3, 0.4) is 0 Å². The highest BCUT2D eigenvalue weighted by atomic mass is 127. The first-order valence-electron chi connectivity index (χ1n) is 8.13. The summed E-state index contributed by atoms with van der Waals surface area (Å²) >= 11 is 4.27. The quantitative estimate of drug-likeness (QED) is 0.156. The van der Waals surface area contributed by atoms with Gasteiger partial charge in [-0.05, 0) is 51.0 Å². The molecule has 0 saturated carbocycles. The second kappa shape index (κ2) is 11.1. The van der Waals surface area contributed by atoms with Crippen molar-refractivity contribution in [3.8, 4) is 0 Å². The van der Waals surface area contributed by atoms with E-state index < -0.39 is 5.41 Å². The standard InChI is InChI=1S/C18H24I2N2O4/c1-5-25-17(24)18(10-19,11-20)14(4)22-26-9-16(23)21-15-7-12(2)6-13(3)8-15/h6-8H,5,9-11H2,1-4H3,(H,21,23)/b22-14+. The van der Waals surface area contributed by atoms with Gasteiger partial charge in [-0.2, -0.15) is 0 Å². The largest absolute Gasteiger partial charge is 0.465 e. The molecule has 0 atom stereocenters. The van der Waals surface area contributed by atoms with Gasteiger partial charge in [0.25, 0.3) is 5.91 Å². The number of rotatable bonds is 9. The maximum Gasteiger partial charge on any atom is 0.319 e. The van der Waals surface area contributed by atoms with Gasteiger partial charge in [0.05, 0.1) is 12.3 Å². The second-order valence-corrected chi connectivity index (χ2v) is 7.47. The van der Waals surface area contributed by atoms with Crippen molar-refractivity contribution in [3.05, 3.63) is 29.3 Å². The third-order valence-electron chi connectivity index (χ3n) is 3.72. The van der Waals surface area contributed by atoms with Crippen LogP contribution in [-0.4, -0.2) is 39.7 Å². The summed E-state index contributed by atoms with van der Waals surface area (Å²) in [5.41, 5.74) is 2.51. The number of ether oxygens (including phenoxy) is 1. The molecule has 0 radical (unpaired) electrons. The number of nitrogens with zero attached hydrogens (tertiary/aromatic N) is 1. The van der Waals surface area contributed by atoms with Crippen LogP contribution >= 0.6 is 45.2 Å². The summed E-state index contributed by atoms with van der Waals surface area (Å²) in [6.07, 6.45) is 0. The molecule has 0 unspecified atom stereocenters. The van der Waals surface area contributed by atoms with Crippen LogP contribution in [-0.2, 0) is 19.2 Å². The number of carbonyl (C=O) groups is 2. The Morgan fingerprint density at radius 1 is 1.15 bits per heavy atom. The van der Waals surface area contributed by atoms with E-state index in [-0.39, 0.29) is 18.5 Å². The highest BCUT2D eigenvalue weighted by Gasteiger charge is 2.41. The molecule has 0 saturated heterocycles. The highest BCUT2D eigenvalue weighted by molar-refractivity contribution is 14.1. The number of amides is 1. The van der Waals surface area contributed by atoms with Gasteiger partial charge in [0.2, 0.25) is 0 Å². The van der Waals surface area contributed by atoms with Crippen molar-refractivity contribution in [1.82, 2.24) is 0 Å². The van der Waals surface area contributed by atoms with Crippen LogP contribution in [0.4, 0.5) is 5.69 Å². The average molecular weight is 586 g/mol. The molecule has 6 nitrogen and oxygen atoms in total. The number of alkyl halides is 2. The van der Waals surface area contributed by atoms with Gasteiger partial charge < -0.3 is 14.9 Å². The molecule has 0 aromatic heterocycles. The molecule has 1 aromatic carbocycles. The number of aryl methyl sites for hydroxylation is 2. The van der Waals surface area contributed by atoms with Crippen molar-refractivity contribution in [3.63, 3.8) is 0 Å². The summed E-state index contributed by atoms with van der Waals surface area (Å²) in [5.74, 6) is -0.634. The molecule has 1 rings (SSSR count). The van der Waals surface area contributed by atoms with Crippen molar-refractivity contribution >= 4 is 68.5 Å². The molecule has 1 N–H and O–H groups in total. The summed E-state index contributed by atoms with van der Waals surface area (Å²) in [6, 6.07) is 5.80. The minimum Gasteiger partial charge on any atom is -0.465 e. The number of nitrogens with one attached hydrogen (secondary N) is 1. The molecule has 0 fully saturated rings. The molecule has 0 bridgehead atoms. The van der Waals surface area contributed by atoms with E-state index >= 15 is 0 Å². The van der Waals surface area contributed by atoms with Crippen LogP contribution in [0.25, 0.3) is 0 Å². The third kappa shape index (κ3) is 6.36. The van der Waals surface area contributed by atoms with E-state index in [1.165, 1.54) is 0 Å². The number of hydrogen-bond donors (Lipinski definition) is 1. The van der Waals surface area contributed by atoms with Crippen LogP contribution in [0.2, 0.25) is 0 Å². The van der Waals surface area contributed by atoms with Crippen molar-refractivity contribution in [2.45, 2.75) is 27.7 Å². The van der Waals surface area contributed by atoms with Crippen molar-refractivity contribution < 1.29 is 19.2 Å². The van der Waals surface area contributed by atoms with Gasteiger partial charge in [-0.25, -0.2) is 0 Å². The first-order chi connectivity index (χ1) is 12.3. The zero-order chi connectivity index (χ0) is 19.7. The highest BCUT2D eigenvalue weighted by Crippen LogP contribution is 2.28. The van der Waals surface area contributed by atoms with Crippen LogP contribution in [0, 0.1) is 19.3 Å². The van der Waals surface area contributed by atoms with Crippen molar-refractivity contribution in [1.29, 1.82) is 0 Å². The van der Waals surface area contributed by atoms with Crippen LogP contribution < -0.4 is 5.32 Å². The minimum atomic E-state index is -0.846. The lowest BCUT2D eigenvalue weighted by molar-refractivity contribution is -0.148. The molecule has 0 aliphatic rings. The number of oxime groups is 1. The van der Waals surface area contributed by atoms with Crippen molar-refractivity contribution in [2.24, 2.45) is 10.6 Å². The summed E-state index contributed by atoms with van der Waals surface area (Å²) < 4.78 is 6.20. The molecular formula is C18H24I2N2O4. The monoisotopic (exact) mass is 586 g/mol. The minimum absolute atomic E-state index is 0.230. The maximum atomic E-state index is 12.3. The number of anilines is 1. The Kier molecular flexibility index (Phi) is 9.83. The van der Waals surface area contributed by atoms with E-state index in [1.54, 1.807) is 13.8 Å². The molecule has 8 heteroatoms. The fraction of sp³-hybridized carbons (Fsp3) is 0.500. The third-order valence-corrected chi connectivity index (χ3v) is 6.32. The van der Waals surface area contributed by atoms with Gasteiger partial charge in [-0.15, -0.1) is 0 Å². The Morgan fingerprint density at radius 2 is 1.73 bits per heavy atom. The smallest absolute Gasteiger partial charge is 0.319 e. The first-order valence-corrected chi connectivity index (χ1v) is 11.2. The molecule has 0 aliphatic heterocycles. The van der Waals surface area contributed by atoms with Crippen LogP contribution in [0.1, 0.15) is 25.0 Å². The summed E-state index contributed by atoms with van der Waals surface area (Å²) in [6.45, 7) is 7.50. The lowest BCUT2D eigenvalue weighted by Crippen LogP contribution is -2.43. The molecule has 26 heavy (non-hydrogen) atoms. The molecule has 1 aromatic rings. The van der Waals surface area contributed by atoms with Crippen LogP contribution in [0.5, 0.6) is 0 Å². The SMILES string of the molecule is CCOC(=O)C(CI)(CI)/C(C)=N/OCC(=O)Nc1cc(C)cc(C)c1. The lowest BCUT2D eigenvalue weighted by atomic mass is 9.88. The zero-order valence-corrected chi connectivity index (χ0v) is 19.7. The molecule has 0 spiro atoms. The molecule has 0 heterocycles. The molecule has 0 aliphatic carbocycles. The zero-order valence-electron chi connectivity index (χ0n) is 15.4. The predicted octanol–water partition coefficient (Wildman–Crippen LogP) is 4.05. The first kappa shape index (κ1) is 23.1. The lowest BCUT2D eigenvalue weighted by Gasteiger charge is -2.26. The number of esters is 1. The van der Waals surface area contributed by atoms with E-state index in [2.05, 4.69) is 55.7 Å². The second-order valence-electron chi connectivity index (χ2n) is 5.94. The van der Waals surface area contributed by atoms with Crippen LogP contribution in [0.15, 0.2) is 23.4 Å². The molecular weight excluding hydrogens is 562 g/mol. The molecule has 1 amide bonds. The van der Waals surface area contributed by atoms with E-state index in [0.29, 0.717) is 21.2 Å². The summed E-state index contributed by atoms with van der Waals surface area (Å²) in [7, 11) is 0. The molecule has 144 valence electrons. The fourth-order valence-electron chi connectivity index (χ4n) is 2.27. The van der Waals surface area contributed by atoms with E-state index in [0.717, 1.165) is 16.8 Å². The number of hydrogen-bond acceptors (Lipinski definition) is 5. The van der Waals surface area contributed by atoms with E-state index in [4.69, 9.17) is 9.57 Å². The Bertz CT molecular complexity index is 653. The van der Waals surface area contributed by atoms with Crippen molar-refractivity contribution in [2.75, 3.05) is 27.4 Å². The Hall–Kier alpha value is -0.910. The normalized spacial score (nSPS) is 11.8.